The zero-order valence-electron chi connectivity index (χ0n) is 10.7. The summed E-state index contributed by atoms with van der Waals surface area (Å²) < 4.78 is 41.5. The van der Waals surface area contributed by atoms with Crippen LogP contribution in [0.15, 0.2) is 53.0 Å². The summed E-state index contributed by atoms with van der Waals surface area (Å²) in [6.45, 7) is 0. The maximum Gasteiger partial charge on any atom is 0.573 e. The number of halogens is 4. The lowest BCUT2D eigenvalue weighted by molar-refractivity contribution is -0.274. The lowest BCUT2D eigenvalue weighted by Crippen LogP contribution is -2.29. The van der Waals surface area contributed by atoms with E-state index in [0.29, 0.717) is 5.56 Å². The van der Waals surface area contributed by atoms with Crippen molar-refractivity contribution in [3.63, 3.8) is 0 Å². The van der Waals surface area contributed by atoms with E-state index in [1.807, 2.05) is 24.3 Å². The molecule has 0 radical (unpaired) electrons. The molecule has 0 amide bonds. The fourth-order valence-corrected chi connectivity index (χ4v) is 2.48. The van der Waals surface area contributed by atoms with Crippen LogP contribution in [0.2, 0.25) is 0 Å². The summed E-state index contributed by atoms with van der Waals surface area (Å²) in [7, 11) is 0. The van der Waals surface area contributed by atoms with Gasteiger partial charge in [0.05, 0.1) is 6.04 Å². The molecule has 0 saturated carbocycles. The third-order valence-electron chi connectivity index (χ3n) is 2.81. The summed E-state index contributed by atoms with van der Waals surface area (Å²) >= 11 is 3.40. The molecule has 0 heterocycles. The molecule has 0 aromatic heterocycles. The number of hydrogen-bond donors (Lipinski definition) is 2. The summed E-state index contributed by atoms with van der Waals surface area (Å²) in [6.07, 6.45) is -4.72. The van der Waals surface area contributed by atoms with Crippen molar-refractivity contribution in [3.8, 4) is 5.75 Å². The summed E-state index contributed by atoms with van der Waals surface area (Å²) in [4.78, 5) is 0. The van der Waals surface area contributed by atoms with Crippen LogP contribution in [0.4, 0.5) is 13.2 Å². The third-order valence-corrected chi connectivity index (χ3v) is 3.53. The largest absolute Gasteiger partial charge is 0.573 e. The Morgan fingerprint density at radius 2 is 1.81 bits per heavy atom. The molecule has 3 N–H and O–H groups in total. The van der Waals surface area contributed by atoms with Gasteiger partial charge in [-0.1, -0.05) is 46.3 Å². The van der Waals surface area contributed by atoms with E-state index in [0.717, 1.165) is 10.0 Å². The minimum absolute atomic E-state index is 0.285. The van der Waals surface area contributed by atoms with Gasteiger partial charge in [-0.2, -0.15) is 0 Å². The Labute approximate surface area is 128 Å². The normalized spacial score (nSPS) is 13.0. The maximum absolute atomic E-state index is 12.3. The van der Waals surface area contributed by atoms with Gasteiger partial charge in [-0.3, -0.25) is 5.84 Å². The first-order chi connectivity index (χ1) is 9.90. The van der Waals surface area contributed by atoms with Crippen molar-refractivity contribution in [3.05, 3.63) is 64.1 Å². The van der Waals surface area contributed by atoms with Crippen LogP contribution in [-0.4, -0.2) is 6.36 Å². The fraction of sp³-hybridized carbons (Fsp3) is 0.143. The van der Waals surface area contributed by atoms with E-state index in [4.69, 9.17) is 5.84 Å². The summed E-state index contributed by atoms with van der Waals surface area (Å²) in [5.74, 6) is 5.26. The van der Waals surface area contributed by atoms with Gasteiger partial charge in [-0.15, -0.1) is 13.2 Å². The average Bonchev–Trinajstić information content (AvgIpc) is 2.40. The molecule has 1 unspecified atom stereocenters. The van der Waals surface area contributed by atoms with E-state index in [9.17, 15) is 13.2 Å². The molecule has 0 aliphatic rings. The number of ether oxygens (including phenoxy) is 1. The Bertz CT molecular complexity index is 619. The highest BCUT2D eigenvalue weighted by atomic mass is 79.9. The Morgan fingerprint density at radius 1 is 1.10 bits per heavy atom. The average molecular weight is 361 g/mol. The van der Waals surface area contributed by atoms with E-state index in [1.165, 1.54) is 18.2 Å². The van der Waals surface area contributed by atoms with E-state index in [2.05, 4.69) is 26.1 Å². The zero-order chi connectivity index (χ0) is 15.5. The highest BCUT2D eigenvalue weighted by molar-refractivity contribution is 9.10. The van der Waals surface area contributed by atoms with Gasteiger partial charge in [-0.25, -0.2) is 5.43 Å². The van der Waals surface area contributed by atoms with Crippen LogP contribution >= 0.6 is 15.9 Å². The molecule has 0 saturated heterocycles. The van der Waals surface area contributed by atoms with Gasteiger partial charge >= 0.3 is 6.36 Å². The molecule has 0 aliphatic heterocycles. The second-order valence-electron chi connectivity index (χ2n) is 4.24. The first-order valence-electron chi connectivity index (χ1n) is 5.97. The van der Waals surface area contributed by atoms with Gasteiger partial charge in [0.2, 0.25) is 0 Å². The quantitative estimate of drug-likeness (QED) is 0.642. The number of nitrogens with one attached hydrogen (secondary N) is 1. The van der Waals surface area contributed by atoms with Crippen LogP contribution < -0.4 is 16.0 Å². The van der Waals surface area contributed by atoms with Gasteiger partial charge in [0.1, 0.15) is 5.75 Å². The number of nitrogens with two attached hydrogens (primary N) is 1. The molecule has 0 spiro atoms. The van der Waals surface area contributed by atoms with Gasteiger partial charge < -0.3 is 4.74 Å². The van der Waals surface area contributed by atoms with Crippen molar-refractivity contribution >= 4 is 15.9 Å². The molecule has 2 aromatic rings. The van der Waals surface area contributed by atoms with Crippen LogP contribution in [0.25, 0.3) is 0 Å². The smallest absolute Gasteiger partial charge is 0.406 e. The number of hydrazine groups is 1. The number of rotatable bonds is 4. The van der Waals surface area contributed by atoms with Gasteiger partial charge in [0.25, 0.3) is 0 Å². The molecule has 2 rings (SSSR count). The number of hydrogen-bond acceptors (Lipinski definition) is 3. The number of benzene rings is 2. The monoisotopic (exact) mass is 360 g/mol. The van der Waals surface area contributed by atoms with Crippen molar-refractivity contribution in [1.29, 1.82) is 0 Å². The van der Waals surface area contributed by atoms with E-state index in [-0.39, 0.29) is 5.75 Å². The molecule has 3 nitrogen and oxygen atoms in total. The third kappa shape index (κ3) is 4.20. The van der Waals surface area contributed by atoms with Crippen LogP contribution in [-0.2, 0) is 0 Å². The summed E-state index contributed by atoms with van der Waals surface area (Å²) in [6, 6.07) is 12.6. The second kappa shape index (κ2) is 6.46. The minimum atomic E-state index is -4.72. The molecular formula is C14H12BrF3N2O. The molecule has 21 heavy (non-hydrogen) atoms. The Balaban J connectivity index is 2.35. The Morgan fingerprint density at radius 3 is 2.43 bits per heavy atom. The maximum atomic E-state index is 12.3. The summed E-state index contributed by atoms with van der Waals surface area (Å²) in [5, 5.41) is 0. The predicted molar refractivity (Wildman–Crippen MR) is 76.4 cm³/mol. The van der Waals surface area contributed by atoms with Crippen LogP contribution in [0.3, 0.4) is 0 Å². The molecule has 112 valence electrons. The van der Waals surface area contributed by atoms with Gasteiger partial charge in [0, 0.05) is 4.47 Å². The molecule has 0 aliphatic carbocycles. The van der Waals surface area contributed by atoms with Crippen LogP contribution in [0.1, 0.15) is 17.2 Å². The molecular weight excluding hydrogens is 349 g/mol. The Hall–Kier alpha value is -1.57. The van der Waals surface area contributed by atoms with Crippen molar-refractivity contribution in [1.82, 2.24) is 5.43 Å². The van der Waals surface area contributed by atoms with E-state index >= 15 is 0 Å². The van der Waals surface area contributed by atoms with Crippen molar-refractivity contribution < 1.29 is 17.9 Å². The first kappa shape index (κ1) is 15.8. The predicted octanol–water partition coefficient (Wildman–Crippen LogP) is 3.90. The lowest BCUT2D eigenvalue weighted by atomic mass is 9.99. The van der Waals surface area contributed by atoms with Crippen molar-refractivity contribution in [2.75, 3.05) is 0 Å². The van der Waals surface area contributed by atoms with Crippen LogP contribution in [0, 0.1) is 0 Å². The molecule has 0 fully saturated rings. The highest BCUT2D eigenvalue weighted by Crippen LogP contribution is 2.31. The minimum Gasteiger partial charge on any atom is -0.406 e. The van der Waals surface area contributed by atoms with Gasteiger partial charge in [-0.05, 0) is 29.3 Å². The Kier molecular flexibility index (Phi) is 4.87. The van der Waals surface area contributed by atoms with Crippen LogP contribution in [0.5, 0.6) is 5.75 Å². The number of alkyl halides is 3. The lowest BCUT2D eigenvalue weighted by Gasteiger charge is -2.19. The summed E-state index contributed by atoms with van der Waals surface area (Å²) in [5.41, 5.74) is 3.97. The SMILES string of the molecule is NNC(c1cccc(OC(F)(F)F)c1)c1ccccc1Br. The molecule has 0 bridgehead atoms. The van der Waals surface area contributed by atoms with Crippen molar-refractivity contribution in [2.24, 2.45) is 5.84 Å². The standard InChI is InChI=1S/C14H12BrF3N2O/c15-12-7-2-1-6-11(12)13(20-19)9-4-3-5-10(8-9)21-14(16,17)18/h1-8,13,20H,19H2. The molecule has 1 atom stereocenters. The fourth-order valence-electron chi connectivity index (χ4n) is 1.97. The van der Waals surface area contributed by atoms with Gasteiger partial charge in [0.15, 0.2) is 0 Å². The zero-order valence-corrected chi connectivity index (χ0v) is 12.3. The molecule has 7 heteroatoms. The topological polar surface area (TPSA) is 47.3 Å². The van der Waals surface area contributed by atoms with Crippen molar-refractivity contribution in [2.45, 2.75) is 12.4 Å². The van der Waals surface area contributed by atoms with E-state index in [1.54, 1.807) is 6.07 Å². The second-order valence-corrected chi connectivity index (χ2v) is 5.10. The molecule has 2 aromatic carbocycles. The first-order valence-corrected chi connectivity index (χ1v) is 6.76. The highest BCUT2D eigenvalue weighted by Gasteiger charge is 2.31. The van der Waals surface area contributed by atoms with E-state index < -0.39 is 12.4 Å².